The summed E-state index contributed by atoms with van der Waals surface area (Å²) in [6.45, 7) is 3.15. The van der Waals surface area contributed by atoms with E-state index >= 15 is 0 Å². The van der Waals surface area contributed by atoms with Gasteiger partial charge in [-0.3, -0.25) is 0 Å². The molecule has 0 radical (unpaired) electrons. The first-order valence-corrected chi connectivity index (χ1v) is 5.04. The number of nitrogens with zero attached hydrogens (tertiary/aromatic N) is 2. The molecule has 1 aliphatic rings. The number of anilines is 1. The van der Waals surface area contributed by atoms with Crippen molar-refractivity contribution in [3.63, 3.8) is 0 Å². The molecule has 2 heterocycles. The minimum atomic E-state index is -0.725. The second-order valence-corrected chi connectivity index (χ2v) is 3.39. The fraction of sp³-hybridized carbons (Fsp3) is 0.600. The van der Waals surface area contributed by atoms with Gasteiger partial charge < -0.3 is 9.32 Å². The van der Waals surface area contributed by atoms with Gasteiger partial charge in [-0.15, -0.1) is 0 Å². The molecular formula is C10H13FN2O3. The predicted octanol–water partition coefficient (Wildman–Crippen LogP) is 1.20. The van der Waals surface area contributed by atoms with Crippen LogP contribution in [0.25, 0.3) is 0 Å². The van der Waals surface area contributed by atoms with Crippen molar-refractivity contribution in [3.05, 3.63) is 12.0 Å². The Kier molecular flexibility index (Phi) is 4.66. The van der Waals surface area contributed by atoms with E-state index in [0.717, 1.165) is 12.1 Å². The number of carbonyl (C=O) groups excluding carboxylic acids is 2. The summed E-state index contributed by atoms with van der Waals surface area (Å²) in [5, 5.41) is 0. The lowest BCUT2D eigenvalue weighted by Gasteiger charge is -2.10. The standard InChI is InChI=1S/C9H13FN2O.CO2/c1-2-8-6-13-9(11-8)12-4-3-7(10)5-12;2-1-3/h6-7H,2-5H2,1H3;/t7-;/m1./s1. The number of oxazole rings is 1. The van der Waals surface area contributed by atoms with Crippen molar-refractivity contribution in [1.82, 2.24) is 4.98 Å². The van der Waals surface area contributed by atoms with E-state index in [9.17, 15) is 4.39 Å². The normalized spacial score (nSPS) is 18.9. The van der Waals surface area contributed by atoms with Crippen molar-refractivity contribution >= 4 is 12.2 Å². The highest BCUT2D eigenvalue weighted by atomic mass is 19.1. The van der Waals surface area contributed by atoms with Crippen molar-refractivity contribution in [2.45, 2.75) is 25.9 Å². The Labute approximate surface area is 92.2 Å². The average molecular weight is 228 g/mol. The maximum Gasteiger partial charge on any atom is 0.373 e. The zero-order valence-electron chi connectivity index (χ0n) is 8.98. The van der Waals surface area contributed by atoms with E-state index in [0.29, 0.717) is 25.5 Å². The largest absolute Gasteiger partial charge is 0.432 e. The lowest BCUT2D eigenvalue weighted by molar-refractivity contribution is -0.191. The predicted molar refractivity (Wildman–Crippen MR) is 52.6 cm³/mol. The van der Waals surface area contributed by atoms with Crippen molar-refractivity contribution < 1.29 is 18.4 Å². The van der Waals surface area contributed by atoms with E-state index in [1.165, 1.54) is 0 Å². The third-order valence-corrected chi connectivity index (χ3v) is 2.30. The second kappa shape index (κ2) is 6.02. The van der Waals surface area contributed by atoms with E-state index in [1.54, 1.807) is 6.26 Å². The van der Waals surface area contributed by atoms with Crippen LogP contribution in [0.1, 0.15) is 19.0 Å². The van der Waals surface area contributed by atoms with Crippen LogP contribution in [-0.2, 0) is 16.0 Å². The summed E-state index contributed by atoms with van der Waals surface area (Å²) in [5.74, 6) is 0. The maximum absolute atomic E-state index is 12.8. The topological polar surface area (TPSA) is 63.4 Å². The molecule has 88 valence electrons. The molecule has 0 bridgehead atoms. The van der Waals surface area contributed by atoms with E-state index < -0.39 is 6.17 Å². The van der Waals surface area contributed by atoms with Crippen LogP contribution in [-0.4, -0.2) is 30.4 Å². The molecule has 5 nitrogen and oxygen atoms in total. The van der Waals surface area contributed by atoms with Crippen LogP contribution < -0.4 is 4.90 Å². The lowest BCUT2D eigenvalue weighted by atomic mass is 10.3. The molecule has 1 saturated heterocycles. The number of hydrogen-bond donors (Lipinski definition) is 0. The third-order valence-electron chi connectivity index (χ3n) is 2.30. The van der Waals surface area contributed by atoms with E-state index in [-0.39, 0.29) is 6.15 Å². The first-order valence-electron chi connectivity index (χ1n) is 5.04. The quantitative estimate of drug-likeness (QED) is 0.761. The van der Waals surface area contributed by atoms with Crippen LogP contribution in [0.4, 0.5) is 10.4 Å². The van der Waals surface area contributed by atoms with Gasteiger partial charge in [0.15, 0.2) is 0 Å². The van der Waals surface area contributed by atoms with Crippen LogP contribution in [0.5, 0.6) is 0 Å². The van der Waals surface area contributed by atoms with Gasteiger partial charge in [-0.05, 0) is 12.8 Å². The Hall–Kier alpha value is -1.68. The van der Waals surface area contributed by atoms with Gasteiger partial charge in [0.2, 0.25) is 0 Å². The molecule has 0 spiro atoms. The summed E-state index contributed by atoms with van der Waals surface area (Å²) in [6.07, 6.45) is 2.61. The van der Waals surface area contributed by atoms with Crippen molar-refractivity contribution in [1.29, 1.82) is 0 Å². The van der Waals surface area contributed by atoms with Gasteiger partial charge in [-0.25, -0.2) is 4.39 Å². The molecule has 16 heavy (non-hydrogen) atoms. The summed E-state index contributed by atoms with van der Waals surface area (Å²) < 4.78 is 18.1. The zero-order valence-corrected chi connectivity index (χ0v) is 8.98. The van der Waals surface area contributed by atoms with Crippen LogP contribution in [0.15, 0.2) is 10.7 Å². The molecule has 1 aromatic rings. The molecule has 2 rings (SSSR count). The zero-order chi connectivity index (χ0) is 12.0. The molecule has 1 aromatic heterocycles. The Morgan fingerprint density at radius 3 is 2.81 bits per heavy atom. The summed E-state index contributed by atoms with van der Waals surface area (Å²) in [6, 6.07) is 0.567. The molecule has 6 heteroatoms. The molecule has 0 unspecified atom stereocenters. The minimum Gasteiger partial charge on any atom is -0.432 e. The van der Waals surface area contributed by atoms with Crippen molar-refractivity contribution in [2.75, 3.05) is 18.0 Å². The molecule has 0 aliphatic carbocycles. The van der Waals surface area contributed by atoms with Gasteiger partial charge in [-0.1, -0.05) is 6.92 Å². The molecule has 0 N–H and O–H groups in total. The smallest absolute Gasteiger partial charge is 0.373 e. The first kappa shape index (κ1) is 12.4. The first-order chi connectivity index (χ1) is 7.71. The SMILES string of the molecule is CCc1coc(N2CC[C@@H](F)C2)n1.O=C=O. The Morgan fingerprint density at radius 2 is 2.38 bits per heavy atom. The molecule has 0 amide bonds. The molecule has 1 aliphatic heterocycles. The lowest BCUT2D eigenvalue weighted by Crippen LogP contribution is -2.20. The monoisotopic (exact) mass is 228 g/mol. The van der Waals surface area contributed by atoms with E-state index in [2.05, 4.69) is 4.98 Å². The summed E-state index contributed by atoms with van der Waals surface area (Å²) >= 11 is 0. The number of rotatable bonds is 2. The van der Waals surface area contributed by atoms with Crippen LogP contribution >= 0.6 is 0 Å². The van der Waals surface area contributed by atoms with Crippen molar-refractivity contribution in [3.8, 4) is 0 Å². The second-order valence-electron chi connectivity index (χ2n) is 3.39. The van der Waals surface area contributed by atoms with Crippen LogP contribution in [0, 0.1) is 0 Å². The third kappa shape index (κ3) is 3.17. The van der Waals surface area contributed by atoms with Gasteiger partial charge >= 0.3 is 6.15 Å². The van der Waals surface area contributed by atoms with Gasteiger partial charge in [0.25, 0.3) is 6.01 Å². The van der Waals surface area contributed by atoms with Gasteiger partial charge in [0.05, 0.1) is 12.2 Å². The van der Waals surface area contributed by atoms with Gasteiger partial charge in [-0.2, -0.15) is 14.6 Å². The van der Waals surface area contributed by atoms with Gasteiger partial charge in [0.1, 0.15) is 12.4 Å². The number of aryl methyl sites for hydroxylation is 1. The average Bonchev–Trinajstić information content (AvgIpc) is 2.86. The number of hydrogen-bond acceptors (Lipinski definition) is 5. The molecular weight excluding hydrogens is 215 g/mol. The highest BCUT2D eigenvalue weighted by Gasteiger charge is 2.24. The molecule has 0 saturated carbocycles. The summed E-state index contributed by atoms with van der Waals surface area (Å²) in [5.41, 5.74) is 0.928. The highest BCUT2D eigenvalue weighted by Crippen LogP contribution is 2.20. The molecule has 0 aromatic carbocycles. The fourth-order valence-electron chi connectivity index (χ4n) is 1.50. The number of alkyl halides is 1. The summed E-state index contributed by atoms with van der Waals surface area (Å²) in [7, 11) is 0. The number of aromatic nitrogens is 1. The fourth-order valence-corrected chi connectivity index (χ4v) is 1.50. The van der Waals surface area contributed by atoms with Crippen molar-refractivity contribution in [2.24, 2.45) is 0 Å². The Balaban J connectivity index is 0.000000386. The Bertz CT molecular complexity index is 361. The van der Waals surface area contributed by atoms with Crippen LogP contribution in [0.3, 0.4) is 0 Å². The molecule has 1 atom stereocenters. The highest BCUT2D eigenvalue weighted by molar-refractivity contribution is 5.29. The minimum absolute atomic E-state index is 0.250. The Morgan fingerprint density at radius 1 is 1.69 bits per heavy atom. The summed E-state index contributed by atoms with van der Waals surface area (Å²) in [4.78, 5) is 22.3. The maximum atomic E-state index is 12.8. The van der Waals surface area contributed by atoms with Crippen LogP contribution in [0.2, 0.25) is 0 Å². The van der Waals surface area contributed by atoms with E-state index in [4.69, 9.17) is 14.0 Å². The van der Waals surface area contributed by atoms with E-state index in [1.807, 2.05) is 11.8 Å². The molecule has 1 fully saturated rings. The van der Waals surface area contributed by atoms with Gasteiger partial charge in [0, 0.05) is 6.54 Å². The number of halogens is 1.